The van der Waals surface area contributed by atoms with Crippen LogP contribution in [0, 0.1) is 11.3 Å². The molecule has 7 heteroatoms. The van der Waals surface area contributed by atoms with E-state index in [0.717, 1.165) is 11.3 Å². The average Bonchev–Trinajstić information content (AvgIpc) is 3.37. The number of nitrogens with two attached hydrogens (primary N) is 1. The van der Waals surface area contributed by atoms with Crippen molar-refractivity contribution < 1.29 is 9.53 Å². The van der Waals surface area contributed by atoms with E-state index in [9.17, 15) is 10.1 Å². The van der Waals surface area contributed by atoms with Gasteiger partial charge in [-0.15, -0.1) is 0 Å². The van der Waals surface area contributed by atoms with Crippen LogP contribution in [0.25, 0.3) is 16.9 Å². The van der Waals surface area contributed by atoms with Crippen LogP contribution < -0.4 is 15.8 Å². The quantitative estimate of drug-likeness (QED) is 0.501. The van der Waals surface area contributed by atoms with Gasteiger partial charge in [0.05, 0.1) is 11.3 Å². The Bertz CT molecular complexity index is 1500. The Kier molecular flexibility index (Phi) is 3.92. The topological polar surface area (TPSA) is 106 Å². The standard InChI is InChI=1S/C26H17N5O2/c27-15-19-23(28)33-24-21(26(19)18-13-7-8-14-20(18)29-25(26)32)22(16-9-3-1-4-10-16)30-31(24)17-11-5-2-6-12-17/h1-14H,28H2,(H,29,32). The third kappa shape index (κ3) is 2.43. The van der Waals surface area contributed by atoms with Crippen LogP contribution in [-0.2, 0) is 10.2 Å². The normalized spacial score (nSPS) is 18.3. The molecule has 1 aromatic heterocycles. The van der Waals surface area contributed by atoms with Gasteiger partial charge < -0.3 is 15.8 Å². The second-order valence-corrected chi connectivity index (χ2v) is 7.84. The molecule has 1 unspecified atom stereocenters. The predicted molar refractivity (Wildman–Crippen MR) is 122 cm³/mol. The molecule has 3 N–H and O–H groups in total. The Hall–Kier alpha value is -4.83. The molecule has 1 spiro atoms. The van der Waals surface area contributed by atoms with Crippen molar-refractivity contribution in [2.75, 3.05) is 5.32 Å². The number of nitrogens with one attached hydrogen (secondary N) is 1. The summed E-state index contributed by atoms with van der Waals surface area (Å²) in [4.78, 5) is 13.8. The lowest BCUT2D eigenvalue weighted by atomic mass is 9.68. The van der Waals surface area contributed by atoms with E-state index < -0.39 is 5.41 Å². The van der Waals surface area contributed by atoms with Gasteiger partial charge in [-0.3, -0.25) is 4.79 Å². The number of aromatic nitrogens is 2. The molecule has 33 heavy (non-hydrogen) atoms. The fourth-order valence-corrected chi connectivity index (χ4v) is 4.73. The molecule has 2 aliphatic rings. The minimum Gasteiger partial charge on any atom is -0.422 e. The SMILES string of the molecule is N#CC1=C(N)Oc2c(c(-c3ccccc3)nn2-c2ccccc2)C12C(=O)Nc1ccccc12. The van der Waals surface area contributed by atoms with Gasteiger partial charge in [-0.25, -0.2) is 0 Å². The van der Waals surface area contributed by atoms with E-state index >= 15 is 0 Å². The summed E-state index contributed by atoms with van der Waals surface area (Å²) in [5, 5.41) is 18.0. The van der Waals surface area contributed by atoms with Gasteiger partial charge in [-0.1, -0.05) is 66.7 Å². The Morgan fingerprint density at radius 2 is 1.64 bits per heavy atom. The van der Waals surface area contributed by atoms with Gasteiger partial charge in [-0.05, 0) is 18.2 Å². The van der Waals surface area contributed by atoms with Gasteiger partial charge in [0.1, 0.15) is 22.8 Å². The summed E-state index contributed by atoms with van der Waals surface area (Å²) in [5.74, 6) is -0.172. The molecule has 7 nitrogen and oxygen atoms in total. The number of anilines is 1. The van der Waals surface area contributed by atoms with Crippen LogP contribution in [-0.4, -0.2) is 15.7 Å². The monoisotopic (exact) mass is 431 g/mol. The van der Waals surface area contributed by atoms with Crippen molar-refractivity contribution in [1.29, 1.82) is 5.26 Å². The number of nitrogens with zero attached hydrogens (tertiary/aromatic N) is 3. The second kappa shape index (κ2) is 6.84. The molecule has 158 valence electrons. The highest BCUT2D eigenvalue weighted by Gasteiger charge is 2.59. The number of rotatable bonds is 2. The zero-order valence-corrected chi connectivity index (χ0v) is 17.3. The molecule has 0 saturated heterocycles. The second-order valence-electron chi connectivity index (χ2n) is 7.84. The van der Waals surface area contributed by atoms with Gasteiger partial charge in [-0.2, -0.15) is 15.0 Å². The third-order valence-corrected chi connectivity index (χ3v) is 6.13. The summed E-state index contributed by atoms with van der Waals surface area (Å²) >= 11 is 0. The number of hydrogen-bond acceptors (Lipinski definition) is 5. The van der Waals surface area contributed by atoms with Crippen molar-refractivity contribution in [1.82, 2.24) is 9.78 Å². The summed E-state index contributed by atoms with van der Waals surface area (Å²) in [6.45, 7) is 0. The van der Waals surface area contributed by atoms with Crippen molar-refractivity contribution in [3.8, 4) is 28.9 Å². The Morgan fingerprint density at radius 3 is 2.36 bits per heavy atom. The van der Waals surface area contributed by atoms with E-state index in [1.807, 2.05) is 84.9 Å². The summed E-state index contributed by atoms with van der Waals surface area (Å²) in [5.41, 5.74) is 8.68. The van der Waals surface area contributed by atoms with E-state index in [0.29, 0.717) is 28.4 Å². The molecule has 2 aliphatic heterocycles. The summed E-state index contributed by atoms with van der Waals surface area (Å²) in [6.07, 6.45) is 0. The van der Waals surface area contributed by atoms with Crippen LogP contribution in [0.1, 0.15) is 11.1 Å². The van der Waals surface area contributed by atoms with Crippen LogP contribution >= 0.6 is 0 Å². The largest absolute Gasteiger partial charge is 0.422 e. The lowest BCUT2D eigenvalue weighted by Gasteiger charge is -2.32. The van der Waals surface area contributed by atoms with Crippen LogP contribution in [0.5, 0.6) is 5.88 Å². The van der Waals surface area contributed by atoms with Crippen LogP contribution in [0.4, 0.5) is 5.69 Å². The maximum absolute atomic E-state index is 13.8. The molecule has 0 radical (unpaired) electrons. The van der Waals surface area contributed by atoms with E-state index in [1.165, 1.54) is 0 Å². The highest BCUT2D eigenvalue weighted by Crippen LogP contribution is 2.56. The number of ether oxygens (including phenoxy) is 1. The molecule has 0 fully saturated rings. The first-order chi connectivity index (χ1) is 16.2. The summed E-state index contributed by atoms with van der Waals surface area (Å²) < 4.78 is 7.66. The minimum atomic E-state index is -1.48. The fourth-order valence-electron chi connectivity index (χ4n) is 4.73. The van der Waals surface area contributed by atoms with Crippen molar-refractivity contribution in [2.24, 2.45) is 5.73 Å². The van der Waals surface area contributed by atoms with E-state index in [4.69, 9.17) is 15.6 Å². The molecule has 1 amide bonds. The molecular formula is C26H17N5O2. The fraction of sp³-hybridized carbons (Fsp3) is 0.0385. The summed E-state index contributed by atoms with van der Waals surface area (Å²) in [6, 6.07) is 28.5. The zero-order chi connectivity index (χ0) is 22.6. The van der Waals surface area contributed by atoms with Crippen LogP contribution in [0.15, 0.2) is 96.4 Å². The number of hydrogen-bond donors (Lipinski definition) is 2. The number of nitriles is 1. The van der Waals surface area contributed by atoms with Gasteiger partial charge >= 0.3 is 0 Å². The maximum Gasteiger partial charge on any atom is 0.245 e. The molecule has 1 atom stereocenters. The highest BCUT2D eigenvalue weighted by molar-refractivity contribution is 6.13. The Balaban J connectivity index is 1.78. The first-order valence-electron chi connectivity index (χ1n) is 10.4. The lowest BCUT2D eigenvalue weighted by Crippen LogP contribution is -2.42. The van der Waals surface area contributed by atoms with E-state index in [-0.39, 0.29) is 17.4 Å². The molecule has 0 aliphatic carbocycles. The van der Waals surface area contributed by atoms with Crippen molar-refractivity contribution >= 4 is 11.6 Å². The smallest absolute Gasteiger partial charge is 0.245 e. The van der Waals surface area contributed by atoms with Gasteiger partial charge in [0, 0.05) is 16.8 Å². The molecular weight excluding hydrogens is 414 g/mol. The third-order valence-electron chi connectivity index (χ3n) is 6.13. The number of amides is 1. The van der Waals surface area contributed by atoms with Crippen LogP contribution in [0.2, 0.25) is 0 Å². The number of carbonyl (C=O) groups is 1. The average molecular weight is 431 g/mol. The molecule has 6 rings (SSSR count). The first-order valence-corrected chi connectivity index (χ1v) is 10.4. The molecule has 0 saturated carbocycles. The molecule has 0 bridgehead atoms. The van der Waals surface area contributed by atoms with Crippen molar-refractivity contribution in [2.45, 2.75) is 5.41 Å². The molecule has 4 aromatic rings. The van der Waals surface area contributed by atoms with Crippen molar-refractivity contribution in [3.05, 3.63) is 108 Å². The number of benzene rings is 3. The minimum absolute atomic E-state index is 0.0437. The number of para-hydroxylation sites is 2. The highest BCUT2D eigenvalue weighted by atomic mass is 16.5. The Morgan fingerprint density at radius 1 is 0.970 bits per heavy atom. The maximum atomic E-state index is 13.8. The van der Waals surface area contributed by atoms with E-state index in [1.54, 1.807) is 4.68 Å². The van der Waals surface area contributed by atoms with Crippen molar-refractivity contribution in [3.63, 3.8) is 0 Å². The number of carbonyl (C=O) groups excluding carboxylic acids is 1. The van der Waals surface area contributed by atoms with Crippen LogP contribution in [0.3, 0.4) is 0 Å². The lowest BCUT2D eigenvalue weighted by molar-refractivity contribution is -0.118. The van der Waals surface area contributed by atoms with Gasteiger partial charge in [0.2, 0.25) is 17.7 Å². The Labute approximate surface area is 189 Å². The number of fused-ring (bicyclic) bond motifs is 4. The van der Waals surface area contributed by atoms with Gasteiger partial charge in [0.15, 0.2) is 0 Å². The van der Waals surface area contributed by atoms with E-state index in [2.05, 4.69) is 11.4 Å². The first kappa shape index (κ1) is 18.9. The zero-order valence-electron chi connectivity index (χ0n) is 17.3. The molecule has 3 heterocycles. The predicted octanol–water partition coefficient (Wildman–Crippen LogP) is 3.86. The van der Waals surface area contributed by atoms with Gasteiger partial charge in [0.25, 0.3) is 0 Å². The molecule has 3 aromatic carbocycles. The summed E-state index contributed by atoms with van der Waals surface area (Å²) in [7, 11) is 0.